The molecule has 0 spiro atoms. The maximum Gasteiger partial charge on any atom is 0.303 e. The minimum absolute atomic E-state index is 0.0164. The number of benzene rings is 1. The molecule has 1 heterocycles. The van der Waals surface area contributed by atoms with Gasteiger partial charge in [-0.1, -0.05) is 24.6 Å². The molecule has 2 aromatic rings. The van der Waals surface area contributed by atoms with Crippen molar-refractivity contribution in [2.24, 2.45) is 0 Å². The fraction of sp³-hybridized carbons (Fsp3) is 0.278. The van der Waals surface area contributed by atoms with Crippen LogP contribution in [0.5, 0.6) is 5.75 Å². The maximum atomic E-state index is 12.4. The predicted molar refractivity (Wildman–Crippen MR) is 95.4 cm³/mol. The third kappa shape index (κ3) is 5.76. The first kappa shape index (κ1) is 18.7. The SMILES string of the molecule is CCCOc1ccc(CCC(=O)O)cc1NC(=O)c1ccnc(Cl)c1. The molecule has 0 aliphatic rings. The van der Waals surface area contributed by atoms with Crippen LogP contribution in [0.4, 0.5) is 5.69 Å². The minimum atomic E-state index is -0.872. The van der Waals surface area contributed by atoms with E-state index in [9.17, 15) is 9.59 Å². The van der Waals surface area contributed by atoms with E-state index < -0.39 is 5.97 Å². The van der Waals surface area contributed by atoms with Crippen LogP contribution in [0.15, 0.2) is 36.5 Å². The van der Waals surface area contributed by atoms with E-state index in [2.05, 4.69) is 10.3 Å². The number of aromatic nitrogens is 1. The fourth-order valence-electron chi connectivity index (χ4n) is 2.16. The van der Waals surface area contributed by atoms with E-state index in [-0.39, 0.29) is 17.5 Å². The van der Waals surface area contributed by atoms with Crippen LogP contribution in [0.25, 0.3) is 0 Å². The summed E-state index contributed by atoms with van der Waals surface area (Å²) in [6.07, 6.45) is 2.67. The molecule has 25 heavy (non-hydrogen) atoms. The van der Waals surface area contributed by atoms with Gasteiger partial charge in [-0.15, -0.1) is 0 Å². The molecule has 0 fully saturated rings. The summed E-state index contributed by atoms with van der Waals surface area (Å²) in [5.41, 5.74) is 1.67. The molecule has 7 heteroatoms. The van der Waals surface area contributed by atoms with Gasteiger partial charge in [-0.2, -0.15) is 0 Å². The highest BCUT2D eigenvalue weighted by Gasteiger charge is 2.12. The van der Waals surface area contributed by atoms with Gasteiger partial charge in [0.15, 0.2) is 0 Å². The number of ether oxygens (including phenoxy) is 1. The Morgan fingerprint density at radius 2 is 2.08 bits per heavy atom. The average molecular weight is 363 g/mol. The zero-order chi connectivity index (χ0) is 18.2. The Morgan fingerprint density at radius 3 is 2.76 bits per heavy atom. The van der Waals surface area contributed by atoms with Crippen molar-refractivity contribution in [3.8, 4) is 5.75 Å². The van der Waals surface area contributed by atoms with Gasteiger partial charge in [0, 0.05) is 18.2 Å². The van der Waals surface area contributed by atoms with E-state index in [0.717, 1.165) is 12.0 Å². The van der Waals surface area contributed by atoms with Crippen LogP contribution in [0.3, 0.4) is 0 Å². The zero-order valence-electron chi connectivity index (χ0n) is 13.8. The Bertz CT molecular complexity index is 764. The molecule has 1 aromatic carbocycles. The lowest BCUT2D eigenvalue weighted by atomic mass is 10.1. The van der Waals surface area contributed by atoms with Crippen molar-refractivity contribution >= 4 is 29.2 Å². The van der Waals surface area contributed by atoms with Crippen LogP contribution in [-0.4, -0.2) is 28.6 Å². The largest absolute Gasteiger partial charge is 0.491 e. The number of aliphatic carboxylic acids is 1. The van der Waals surface area contributed by atoms with E-state index in [0.29, 0.717) is 30.0 Å². The van der Waals surface area contributed by atoms with Crippen molar-refractivity contribution in [2.45, 2.75) is 26.2 Å². The third-order valence-electron chi connectivity index (χ3n) is 3.37. The van der Waals surface area contributed by atoms with Crippen LogP contribution in [0.1, 0.15) is 35.7 Å². The van der Waals surface area contributed by atoms with Gasteiger partial charge in [0.1, 0.15) is 10.9 Å². The van der Waals surface area contributed by atoms with Crippen molar-refractivity contribution in [3.05, 3.63) is 52.8 Å². The van der Waals surface area contributed by atoms with Gasteiger partial charge in [-0.05, 0) is 42.7 Å². The minimum Gasteiger partial charge on any atom is -0.491 e. The Kier molecular flexibility index (Phi) is 6.77. The van der Waals surface area contributed by atoms with Crippen LogP contribution >= 0.6 is 11.6 Å². The van der Waals surface area contributed by atoms with E-state index >= 15 is 0 Å². The summed E-state index contributed by atoms with van der Waals surface area (Å²) in [5.74, 6) is -0.682. The number of hydrogen-bond donors (Lipinski definition) is 2. The Hall–Kier alpha value is -2.60. The van der Waals surface area contributed by atoms with Crippen LogP contribution in [0, 0.1) is 0 Å². The van der Waals surface area contributed by atoms with Crippen LogP contribution in [0.2, 0.25) is 5.15 Å². The first-order valence-corrected chi connectivity index (χ1v) is 8.28. The number of carboxylic acids is 1. The number of aryl methyl sites for hydroxylation is 1. The highest BCUT2D eigenvalue weighted by Crippen LogP contribution is 2.27. The molecular weight excluding hydrogens is 344 g/mol. The highest BCUT2D eigenvalue weighted by molar-refractivity contribution is 6.29. The zero-order valence-corrected chi connectivity index (χ0v) is 14.5. The van der Waals surface area contributed by atoms with Gasteiger partial charge >= 0.3 is 5.97 Å². The number of nitrogens with one attached hydrogen (secondary N) is 1. The van der Waals surface area contributed by atoms with Gasteiger partial charge in [0.2, 0.25) is 0 Å². The second kappa shape index (κ2) is 9.03. The highest BCUT2D eigenvalue weighted by atomic mass is 35.5. The molecule has 0 bridgehead atoms. The van der Waals surface area contributed by atoms with Crippen molar-refractivity contribution in [1.82, 2.24) is 4.98 Å². The number of amides is 1. The molecule has 6 nitrogen and oxygen atoms in total. The Balaban J connectivity index is 2.23. The third-order valence-corrected chi connectivity index (χ3v) is 3.58. The number of nitrogens with zero attached hydrogens (tertiary/aromatic N) is 1. The molecule has 0 saturated heterocycles. The normalized spacial score (nSPS) is 10.3. The molecule has 0 saturated carbocycles. The maximum absolute atomic E-state index is 12.4. The van der Waals surface area contributed by atoms with Gasteiger partial charge in [-0.25, -0.2) is 4.98 Å². The number of anilines is 1. The molecule has 0 atom stereocenters. The summed E-state index contributed by atoms with van der Waals surface area (Å²) in [6, 6.07) is 8.29. The van der Waals surface area contributed by atoms with E-state index in [1.54, 1.807) is 24.3 Å². The number of halogens is 1. The summed E-state index contributed by atoms with van der Waals surface area (Å²) in [4.78, 5) is 27.0. The lowest BCUT2D eigenvalue weighted by Gasteiger charge is -2.14. The Morgan fingerprint density at radius 1 is 1.28 bits per heavy atom. The monoisotopic (exact) mass is 362 g/mol. The molecule has 0 radical (unpaired) electrons. The molecule has 132 valence electrons. The lowest BCUT2D eigenvalue weighted by Crippen LogP contribution is -2.13. The van der Waals surface area contributed by atoms with Crippen molar-refractivity contribution < 1.29 is 19.4 Å². The topological polar surface area (TPSA) is 88.5 Å². The quantitative estimate of drug-likeness (QED) is 0.697. The second-order valence-corrected chi connectivity index (χ2v) is 5.78. The van der Waals surface area contributed by atoms with E-state index in [1.165, 1.54) is 12.3 Å². The fourth-order valence-corrected chi connectivity index (χ4v) is 2.33. The number of carbonyl (C=O) groups excluding carboxylic acids is 1. The standard InChI is InChI=1S/C18H19ClN2O4/c1-2-9-25-15-5-3-12(4-6-17(22)23)10-14(15)21-18(24)13-7-8-20-16(19)11-13/h3,5,7-8,10-11H,2,4,6,9H2,1H3,(H,21,24)(H,22,23). The summed E-state index contributed by atoms with van der Waals surface area (Å²) >= 11 is 5.82. The summed E-state index contributed by atoms with van der Waals surface area (Å²) < 4.78 is 5.66. The number of pyridine rings is 1. The van der Waals surface area contributed by atoms with E-state index in [1.807, 2.05) is 6.92 Å². The molecule has 0 unspecified atom stereocenters. The second-order valence-electron chi connectivity index (χ2n) is 5.39. The van der Waals surface area contributed by atoms with Crippen LogP contribution < -0.4 is 10.1 Å². The van der Waals surface area contributed by atoms with Gasteiger partial charge in [0.05, 0.1) is 12.3 Å². The smallest absolute Gasteiger partial charge is 0.303 e. The molecule has 0 aliphatic heterocycles. The summed E-state index contributed by atoms with van der Waals surface area (Å²) in [5, 5.41) is 11.8. The number of carboxylic acid groups (broad SMARTS) is 1. The van der Waals surface area contributed by atoms with Crippen LogP contribution in [-0.2, 0) is 11.2 Å². The summed E-state index contributed by atoms with van der Waals surface area (Å²) in [7, 11) is 0. The molecule has 1 aromatic heterocycles. The molecule has 0 aliphatic carbocycles. The summed E-state index contributed by atoms with van der Waals surface area (Å²) in [6.45, 7) is 2.50. The van der Waals surface area contributed by atoms with Gasteiger partial charge in [0.25, 0.3) is 5.91 Å². The molecular formula is C18H19ClN2O4. The average Bonchev–Trinajstić information content (AvgIpc) is 2.59. The number of carbonyl (C=O) groups is 2. The molecule has 2 rings (SSSR count). The number of hydrogen-bond acceptors (Lipinski definition) is 4. The molecule has 2 N–H and O–H groups in total. The number of rotatable bonds is 8. The van der Waals surface area contributed by atoms with Gasteiger partial charge < -0.3 is 15.2 Å². The first-order chi connectivity index (χ1) is 12.0. The lowest BCUT2D eigenvalue weighted by molar-refractivity contribution is -0.136. The molecule has 1 amide bonds. The van der Waals surface area contributed by atoms with Crippen molar-refractivity contribution in [1.29, 1.82) is 0 Å². The first-order valence-electron chi connectivity index (χ1n) is 7.90. The van der Waals surface area contributed by atoms with Crippen molar-refractivity contribution in [3.63, 3.8) is 0 Å². The predicted octanol–water partition coefficient (Wildman–Crippen LogP) is 3.79. The van der Waals surface area contributed by atoms with Crippen molar-refractivity contribution in [2.75, 3.05) is 11.9 Å². The van der Waals surface area contributed by atoms with Gasteiger partial charge in [-0.3, -0.25) is 9.59 Å². The van der Waals surface area contributed by atoms with E-state index in [4.69, 9.17) is 21.4 Å². The Labute approximate surface area is 150 Å².